The summed E-state index contributed by atoms with van der Waals surface area (Å²) in [5, 5.41) is 23.1. The van der Waals surface area contributed by atoms with Crippen LogP contribution in [0.25, 0.3) is 0 Å². The first-order valence-corrected chi connectivity index (χ1v) is 33.4. The number of carbonyl (C=O) groups is 2. The SMILES string of the molecule is CCCCCCCCCCCCCCCCCC(=O)OCCCCCCCCCCCCCC/C=C\CCCCCCCCCCCCCCCCCCC(=O)NC(CO)C(O)CCCCCCCCCCC. The topological polar surface area (TPSA) is 95.9 Å². The van der Waals surface area contributed by atoms with E-state index in [1.54, 1.807) is 0 Å². The van der Waals surface area contributed by atoms with Crippen molar-refractivity contribution >= 4 is 11.9 Å². The highest BCUT2D eigenvalue weighted by Crippen LogP contribution is 2.18. The molecule has 6 nitrogen and oxygen atoms in total. The number of hydrogen-bond acceptors (Lipinski definition) is 5. The van der Waals surface area contributed by atoms with Crippen molar-refractivity contribution in [2.45, 2.75) is 392 Å². The van der Waals surface area contributed by atoms with Crippen LogP contribution in [0, 0.1) is 0 Å². The molecule has 0 aliphatic heterocycles. The van der Waals surface area contributed by atoms with Gasteiger partial charge in [-0.1, -0.05) is 328 Å². The highest BCUT2D eigenvalue weighted by molar-refractivity contribution is 5.76. The molecule has 73 heavy (non-hydrogen) atoms. The highest BCUT2D eigenvalue weighted by atomic mass is 16.5. The van der Waals surface area contributed by atoms with E-state index in [0.29, 0.717) is 25.9 Å². The average molecular weight is 1030 g/mol. The maximum atomic E-state index is 12.4. The Balaban J connectivity index is 3.31. The maximum absolute atomic E-state index is 12.4. The van der Waals surface area contributed by atoms with Gasteiger partial charge in [-0.3, -0.25) is 9.59 Å². The largest absolute Gasteiger partial charge is 0.466 e. The van der Waals surface area contributed by atoms with E-state index in [9.17, 15) is 19.8 Å². The quantitative estimate of drug-likeness (QED) is 0.0320. The van der Waals surface area contributed by atoms with E-state index in [4.69, 9.17) is 4.74 Å². The number of ether oxygens (including phenoxy) is 1. The molecule has 0 aliphatic carbocycles. The van der Waals surface area contributed by atoms with Crippen LogP contribution < -0.4 is 5.32 Å². The number of nitrogens with one attached hydrogen (secondary N) is 1. The summed E-state index contributed by atoms with van der Waals surface area (Å²) < 4.78 is 5.50. The summed E-state index contributed by atoms with van der Waals surface area (Å²) in [6.07, 6.45) is 77.0. The second-order valence-corrected chi connectivity index (χ2v) is 23.2. The summed E-state index contributed by atoms with van der Waals surface area (Å²) in [5.41, 5.74) is 0. The van der Waals surface area contributed by atoms with Crippen molar-refractivity contribution in [1.29, 1.82) is 0 Å². The van der Waals surface area contributed by atoms with E-state index in [-0.39, 0.29) is 18.5 Å². The van der Waals surface area contributed by atoms with Crippen LogP contribution in [0.2, 0.25) is 0 Å². The summed E-state index contributed by atoms with van der Waals surface area (Å²) in [4.78, 5) is 24.5. The van der Waals surface area contributed by atoms with E-state index >= 15 is 0 Å². The molecule has 0 aliphatic rings. The van der Waals surface area contributed by atoms with Crippen molar-refractivity contribution in [1.82, 2.24) is 5.32 Å². The lowest BCUT2D eigenvalue weighted by Crippen LogP contribution is -2.45. The van der Waals surface area contributed by atoms with E-state index in [1.807, 2.05) is 0 Å². The van der Waals surface area contributed by atoms with Gasteiger partial charge in [-0.15, -0.1) is 0 Å². The number of aliphatic hydroxyl groups is 2. The average Bonchev–Trinajstić information content (AvgIpc) is 3.39. The first-order chi connectivity index (χ1) is 36.0. The van der Waals surface area contributed by atoms with Gasteiger partial charge in [-0.2, -0.15) is 0 Å². The number of unbranched alkanes of at least 4 members (excludes halogenated alkanes) is 50. The predicted molar refractivity (Wildman–Crippen MR) is 320 cm³/mol. The Morgan fingerprint density at radius 2 is 0.644 bits per heavy atom. The Bertz CT molecular complexity index is 1100. The van der Waals surface area contributed by atoms with E-state index < -0.39 is 12.1 Å². The van der Waals surface area contributed by atoms with Crippen LogP contribution in [0.3, 0.4) is 0 Å². The summed E-state index contributed by atoms with van der Waals surface area (Å²) in [5.74, 6) is -0.0112. The van der Waals surface area contributed by atoms with Crippen LogP contribution in [0.15, 0.2) is 12.2 Å². The molecule has 0 aromatic heterocycles. The first-order valence-electron chi connectivity index (χ1n) is 33.4. The van der Waals surface area contributed by atoms with Gasteiger partial charge in [0.1, 0.15) is 0 Å². The summed E-state index contributed by atoms with van der Waals surface area (Å²) in [6.45, 7) is 4.96. The van der Waals surface area contributed by atoms with Crippen molar-refractivity contribution in [3.05, 3.63) is 12.2 Å². The monoisotopic (exact) mass is 1030 g/mol. The van der Waals surface area contributed by atoms with Gasteiger partial charge >= 0.3 is 5.97 Å². The molecule has 0 heterocycles. The molecule has 0 aromatic carbocycles. The third-order valence-electron chi connectivity index (χ3n) is 15.8. The molecule has 6 heteroatoms. The number of hydrogen-bond donors (Lipinski definition) is 3. The number of carbonyl (C=O) groups excluding carboxylic acids is 2. The molecule has 2 atom stereocenters. The van der Waals surface area contributed by atoms with Gasteiger partial charge in [0, 0.05) is 12.8 Å². The lowest BCUT2D eigenvalue weighted by molar-refractivity contribution is -0.143. The van der Waals surface area contributed by atoms with Gasteiger partial charge in [-0.05, 0) is 51.4 Å². The van der Waals surface area contributed by atoms with Crippen LogP contribution in [0.5, 0.6) is 0 Å². The van der Waals surface area contributed by atoms with Crippen LogP contribution >= 0.6 is 0 Å². The lowest BCUT2D eigenvalue weighted by atomic mass is 10.0. The number of esters is 1. The number of rotatable bonds is 63. The standard InChI is InChI=1S/C67H131NO5/c1-3-5-7-9-11-13-14-15-34-38-41-45-49-53-57-61-67(72)73-62-58-54-50-46-42-39-36-33-31-29-27-25-23-21-19-17-16-18-20-22-24-26-28-30-32-35-37-40-44-48-52-56-60-66(71)68-64(63-69)65(70)59-55-51-47-43-12-10-8-6-4-2/h19,21,64-65,69-70H,3-18,20,22-63H2,1-2H3,(H,68,71)/b21-19-. The van der Waals surface area contributed by atoms with E-state index in [1.165, 1.54) is 308 Å². The minimum atomic E-state index is -0.659. The van der Waals surface area contributed by atoms with Crippen molar-refractivity contribution in [3.63, 3.8) is 0 Å². The zero-order valence-electron chi connectivity index (χ0n) is 49.6. The zero-order chi connectivity index (χ0) is 52.9. The fraction of sp³-hybridized carbons (Fsp3) is 0.940. The van der Waals surface area contributed by atoms with Gasteiger partial charge in [0.2, 0.25) is 5.91 Å². The highest BCUT2D eigenvalue weighted by Gasteiger charge is 2.20. The fourth-order valence-corrected chi connectivity index (χ4v) is 10.7. The van der Waals surface area contributed by atoms with Crippen LogP contribution in [0.1, 0.15) is 380 Å². The first kappa shape index (κ1) is 71.6. The smallest absolute Gasteiger partial charge is 0.305 e. The Hall–Kier alpha value is -1.40. The number of amides is 1. The lowest BCUT2D eigenvalue weighted by Gasteiger charge is -2.22. The minimum absolute atomic E-state index is 0.0217. The van der Waals surface area contributed by atoms with Crippen LogP contribution in [-0.4, -0.2) is 47.4 Å². The van der Waals surface area contributed by atoms with E-state index in [2.05, 4.69) is 31.3 Å². The molecule has 0 aromatic rings. The number of aliphatic hydroxyl groups excluding tert-OH is 2. The molecule has 1 amide bonds. The molecular formula is C67H131NO5. The molecule has 0 saturated carbocycles. The minimum Gasteiger partial charge on any atom is -0.466 e. The molecule has 0 bridgehead atoms. The van der Waals surface area contributed by atoms with Gasteiger partial charge < -0.3 is 20.3 Å². The van der Waals surface area contributed by atoms with Crippen molar-refractivity contribution in [2.24, 2.45) is 0 Å². The number of allylic oxidation sites excluding steroid dienone is 2. The molecule has 434 valence electrons. The predicted octanol–water partition coefficient (Wildman–Crippen LogP) is 21.2. The third kappa shape index (κ3) is 59.7. The molecule has 2 unspecified atom stereocenters. The third-order valence-corrected chi connectivity index (χ3v) is 15.8. The van der Waals surface area contributed by atoms with Crippen molar-refractivity contribution < 1.29 is 24.5 Å². The van der Waals surface area contributed by atoms with Crippen molar-refractivity contribution in [3.8, 4) is 0 Å². The van der Waals surface area contributed by atoms with Gasteiger partial charge in [0.15, 0.2) is 0 Å². The Kier molecular flexibility index (Phi) is 61.9. The summed E-state index contributed by atoms with van der Waals surface area (Å²) in [7, 11) is 0. The fourth-order valence-electron chi connectivity index (χ4n) is 10.7. The van der Waals surface area contributed by atoms with E-state index in [0.717, 1.165) is 38.5 Å². The molecule has 0 radical (unpaired) electrons. The second-order valence-electron chi connectivity index (χ2n) is 23.2. The molecular weight excluding hydrogens is 899 g/mol. The second kappa shape index (κ2) is 63.1. The molecule has 0 saturated heterocycles. The van der Waals surface area contributed by atoms with Gasteiger partial charge in [-0.25, -0.2) is 0 Å². The molecule has 3 N–H and O–H groups in total. The van der Waals surface area contributed by atoms with Crippen LogP contribution in [0.4, 0.5) is 0 Å². The molecule has 0 fully saturated rings. The summed E-state index contributed by atoms with van der Waals surface area (Å²) in [6, 6.07) is -0.536. The van der Waals surface area contributed by atoms with Gasteiger partial charge in [0.25, 0.3) is 0 Å². The molecule has 0 spiro atoms. The Labute approximate surface area is 457 Å². The maximum Gasteiger partial charge on any atom is 0.305 e. The van der Waals surface area contributed by atoms with Crippen LogP contribution in [-0.2, 0) is 14.3 Å². The normalized spacial score (nSPS) is 12.5. The Morgan fingerprint density at radius 3 is 0.973 bits per heavy atom. The van der Waals surface area contributed by atoms with Gasteiger partial charge in [0.05, 0.1) is 25.4 Å². The summed E-state index contributed by atoms with van der Waals surface area (Å²) >= 11 is 0. The molecule has 0 rings (SSSR count). The van der Waals surface area contributed by atoms with Crippen molar-refractivity contribution in [2.75, 3.05) is 13.2 Å². The zero-order valence-corrected chi connectivity index (χ0v) is 49.6. The Morgan fingerprint density at radius 1 is 0.370 bits per heavy atom.